The van der Waals surface area contributed by atoms with Gasteiger partial charge in [-0.15, -0.1) is 11.8 Å². The van der Waals surface area contributed by atoms with Crippen molar-refractivity contribution in [3.8, 4) is 0 Å². The Morgan fingerprint density at radius 1 is 1.05 bits per heavy atom. The van der Waals surface area contributed by atoms with Crippen LogP contribution in [0.1, 0.15) is 46.4 Å². The summed E-state index contributed by atoms with van der Waals surface area (Å²) in [6, 6.07) is 17.4. The third kappa shape index (κ3) is 7.43. The molecular weight excluding hydrogens is 587 g/mol. The molecule has 1 fully saturated rings. The van der Waals surface area contributed by atoms with Crippen molar-refractivity contribution in [3.63, 3.8) is 0 Å². The van der Waals surface area contributed by atoms with Gasteiger partial charge in [-0.1, -0.05) is 78.1 Å². The predicted octanol–water partition coefficient (Wildman–Crippen LogP) is 6.16. The maximum Gasteiger partial charge on any atom is 0.338 e. The summed E-state index contributed by atoms with van der Waals surface area (Å²) in [6.45, 7) is 1.93. The van der Waals surface area contributed by atoms with Crippen molar-refractivity contribution in [1.29, 1.82) is 0 Å². The average Bonchev–Trinajstić information content (AvgIpc) is 2.92. The Kier molecular flexibility index (Phi) is 9.77. The van der Waals surface area contributed by atoms with Crippen LogP contribution >= 0.6 is 46.6 Å². The molecule has 0 radical (unpaired) electrons. The van der Waals surface area contributed by atoms with Gasteiger partial charge >= 0.3 is 5.97 Å². The van der Waals surface area contributed by atoms with Gasteiger partial charge < -0.3 is 25.0 Å². The number of halogens is 3. The summed E-state index contributed by atoms with van der Waals surface area (Å²) in [4.78, 5) is 28.1. The molecule has 39 heavy (non-hydrogen) atoms. The number of anilines is 1. The highest BCUT2D eigenvalue weighted by molar-refractivity contribution is 7.99. The number of amides is 1. The molecule has 3 N–H and O–H groups in total. The molecule has 0 saturated carbocycles. The number of pyridine rings is 1. The highest BCUT2D eigenvalue weighted by Gasteiger charge is 2.39. The topological polar surface area (TPSA) is 118 Å². The number of nitrogens with zero attached hydrogens (tertiary/aromatic N) is 1. The van der Waals surface area contributed by atoms with E-state index in [9.17, 15) is 19.8 Å². The molecule has 1 saturated heterocycles. The van der Waals surface area contributed by atoms with E-state index in [0.717, 1.165) is 11.1 Å². The molecule has 2 aromatic carbocycles. The summed E-state index contributed by atoms with van der Waals surface area (Å²) >= 11 is 18.4. The summed E-state index contributed by atoms with van der Waals surface area (Å²) in [5.74, 6) is -1.57. The van der Waals surface area contributed by atoms with Crippen LogP contribution in [0.25, 0.3) is 0 Å². The van der Waals surface area contributed by atoms with Crippen molar-refractivity contribution in [1.82, 2.24) is 4.98 Å². The predicted molar refractivity (Wildman–Crippen MR) is 150 cm³/mol. The zero-order valence-corrected chi connectivity index (χ0v) is 23.7. The monoisotopic (exact) mass is 610 g/mol. The van der Waals surface area contributed by atoms with Gasteiger partial charge in [0.25, 0.3) is 9.70 Å². The Morgan fingerprint density at radius 3 is 2.46 bits per heavy atom. The van der Waals surface area contributed by atoms with E-state index in [4.69, 9.17) is 44.3 Å². The van der Waals surface area contributed by atoms with Gasteiger partial charge in [0.1, 0.15) is 5.03 Å². The molecule has 0 unspecified atom stereocenters. The van der Waals surface area contributed by atoms with E-state index in [0.29, 0.717) is 22.0 Å². The van der Waals surface area contributed by atoms with Gasteiger partial charge in [-0.3, -0.25) is 4.79 Å². The fourth-order valence-corrected chi connectivity index (χ4v) is 5.40. The third-order valence-electron chi connectivity index (χ3n) is 6.18. The largest absolute Gasteiger partial charge is 0.478 e. The second kappa shape index (κ2) is 12.9. The SMILES string of the molecule is C[C@H]1[C@@H](CSc2ncccc2C(=O)O)O[C@@H](c2cccc(NC(=O)C(Cl)(Cl)Cl)c2)O[C@H]1c1ccc(CO)cc1. The lowest BCUT2D eigenvalue weighted by molar-refractivity contribution is -0.268. The summed E-state index contributed by atoms with van der Waals surface area (Å²) in [6.07, 6.45) is -0.0147. The van der Waals surface area contributed by atoms with Crippen LogP contribution in [0, 0.1) is 5.92 Å². The van der Waals surface area contributed by atoms with E-state index in [-0.39, 0.29) is 30.3 Å². The Morgan fingerprint density at radius 2 is 1.79 bits per heavy atom. The van der Waals surface area contributed by atoms with Gasteiger partial charge in [-0.2, -0.15) is 0 Å². The normalized spacial score (nSPS) is 21.4. The molecule has 2 heterocycles. The maximum absolute atomic E-state index is 12.2. The number of hydrogen-bond acceptors (Lipinski definition) is 7. The summed E-state index contributed by atoms with van der Waals surface area (Å²) in [7, 11) is 0. The summed E-state index contributed by atoms with van der Waals surface area (Å²) in [5, 5.41) is 21.9. The number of carbonyl (C=O) groups is 2. The Labute approximate surface area is 244 Å². The highest BCUT2D eigenvalue weighted by Crippen LogP contribution is 2.43. The number of benzene rings is 2. The minimum absolute atomic E-state index is 0.0744. The molecule has 1 aliphatic heterocycles. The number of rotatable bonds is 8. The van der Waals surface area contributed by atoms with Crippen LogP contribution < -0.4 is 5.32 Å². The Hall–Kier alpha value is -2.37. The van der Waals surface area contributed by atoms with E-state index in [1.54, 1.807) is 36.5 Å². The lowest BCUT2D eigenvalue weighted by Crippen LogP contribution is -2.38. The molecule has 1 aliphatic rings. The molecule has 0 spiro atoms. The van der Waals surface area contributed by atoms with E-state index in [1.165, 1.54) is 17.8 Å². The first-order chi connectivity index (χ1) is 18.6. The fraction of sp³-hybridized carbons (Fsp3) is 0.296. The standard InChI is InChI=1S/C27H25Cl3N2O6S/c1-15-21(14-39-23-20(24(34)35)6-3-11-31-23)37-25(38-22(15)17-9-7-16(13-33)8-10-17)18-4-2-5-19(12-18)32-26(36)27(28,29)30/h2-12,15,21-22,25,33H,13-14H2,1H3,(H,32,36)(H,34,35)/t15-,21+,22+,25+/m0/s1. The number of aliphatic hydroxyl groups is 1. The zero-order chi connectivity index (χ0) is 28.2. The van der Waals surface area contributed by atoms with Gasteiger partial charge in [0, 0.05) is 29.1 Å². The Bertz CT molecular complexity index is 1320. The number of alkyl halides is 3. The first-order valence-electron chi connectivity index (χ1n) is 11.9. The number of carboxylic acid groups (broad SMARTS) is 1. The second-order valence-electron chi connectivity index (χ2n) is 8.87. The molecule has 206 valence electrons. The van der Waals surface area contributed by atoms with Crippen LogP contribution in [0.5, 0.6) is 0 Å². The number of thioether (sulfide) groups is 1. The van der Waals surface area contributed by atoms with Crippen molar-refractivity contribution in [2.24, 2.45) is 5.92 Å². The molecule has 4 atom stereocenters. The third-order valence-corrected chi connectivity index (χ3v) is 7.79. The van der Waals surface area contributed by atoms with Gasteiger partial charge in [0.05, 0.1) is 24.4 Å². The molecule has 0 bridgehead atoms. The number of carbonyl (C=O) groups excluding carboxylic acids is 1. The number of aromatic carboxylic acids is 1. The number of carboxylic acids is 1. The minimum atomic E-state index is -2.13. The summed E-state index contributed by atoms with van der Waals surface area (Å²) in [5.41, 5.74) is 2.81. The molecule has 3 aromatic rings. The summed E-state index contributed by atoms with van der Waals surface area (Å²) < 4.78 is 10.7. The van der Waals surface area contributed by atoms with Crippen LogP contribution in [-0.4, -0.2) is 42.7 Å². The van der Waals surface area contributed by atoms with E-state index in [1.807, 2.05) is 31.2 Å². The lowest BCUT2D eigenvalue weighted by atomic mass is 9.91. The van der Waals surface area contributed by atoms with Crippen LogP contribution in [0.4, 0.5) is 5.69 Å². The number of hydrogen-bond donors (Lipinski definition) is 3. The zero-order valence-electron chi connectivity index (χ0n) is 20.6. The first kappa shape index (κ1) is 29.6. The lowest BCUT2D eigenvalue weighted by Gasteiger charge is -2.41. The van der Waals surface area contributed by atoms with E-state index >= 15 is 0 Å². The van der Waals surface area contributed by atoms with Crippen LogP contribution in [-0.2, 0) is 20.9 Å². The number of aliphatic hydroxyl groups excluding tert-OH is 1. The van der Waals surface area contributed by atoms with Crippen molar-refractivity contribution in [3.05, 3.63) is 89.1 Å². The molecule has 1 aromatic heterocycles. The van der Waals surface area contributed by atoms with Gasteiger partial charge in [-0.05, 0) is 35.4 Å². The van der Waals surface area contributed by atoms with Crippen LogP contribution in [0.15, 0.2) is 71.9 Å². The van der Waals surface area contributed by atoms with Gasteiger partial charge in [0.2, 0.25) is 0 Å². The first-order valence-corrected chi connectivity index (χ1v) is 14.0. The number of ether oxygens (including phenoxy) is 2. The van der Waals surface area contributed by atoms with E-state index < -0.39 is 22.0 Å². The molecule has 1 amide bonds. The number of aromatic nitrogens is 1. The highest BCUT2D eigenvalue weighted by atomic mass is 35.6. The quantitative estimate of drug-likeness (QED) is 0.205. The molecule has 4 rings (SSSR count). The van der Waals surface area contributed by atoms with E-state index in [2.05, 4.69) is 10.3 Å². The molecular formula is C27H25Cl3N2O6S. The molecule has 12 heteroatoms. The smallest absolute Gasteiger partial charge is 0.338 e. The van der Waals surface area contributed by atoms with Crippen LogP contribution in [0.2, 0.25) is 0 Å². The average molecular weight is 612 g/mol. The second-order valence-corrected chi connectivity index (χ2v) is 12.2. The number of nitrogens with one attached hydrogen (secondary N) is 1. The fourth-order valence-electron chi connectivity index (χ4n) is 4.10. The molecule has 0 aliphatic carbocycles. The maximum atomic E-state index is 12.2. The molecule has 8 nitrogen and oxygen atoms in total. The van der Waals surface area contributed by atoms with Gasteiger partial charge in [0.15, 0.2) is 6.29 Å². The van der Waals surface area contributed by atoms with Crippen molar-refractivity contribution in [2.75, 3.05) is 11.1 Å². The van der Waals surface area contributed by atoms with Crippen molar-refractivity contribution in [2.45, 2.75) is 40.8 Å². The van der Waals surface area contributed by atoms with Gasteiger partial charge in [-0.25, -0.2) is 9.78 Å². The van der Waals surface area contributed by atoms with Crippen LogP contribution in [0.3, 0.4) is 0 Å². The van der Waals surface area contributed by atoms with Crippen molar-refractivity contribution < 1.29 is 29.3 Å². The minimum Gasteiger partial charge on any atom is -0.478 e. The Balaban J connectivity index is 1.61. The van der Waals surface area contributed by atoms with Crippen molar-refractivity contribution >= 4 is 64.1 Å².